The average Bonchev–Trinajstić information content (AvgIpc) is 3.19. The summed E-state index contributed by atoms with van der Waals surface area (Å²) in [6.45, 7) is 7.21. The Labute approximate surface area is 136 Å². The SMILES string of the molecule is CC1(C)[C@@H]2CC[C@@]1(C)[C@@H]1O[C@@H](O[C@@H](C#N)c3cccs3)C[C@H]21. The second-order valence-electron chi connectivity index (χ2n) is 7.83. The molecule has 0 unspecified atom stereocenters. The highest BCUT2D eigenvalue weighted by molar-refractivity contribution is 7.10. The Morgan fingerprint density at radius 1 is 1.45 bits per heavy atom. The van der Waals surface area contributed by atoms with Crippen molar-refractivity contribution in [1.29, 1.82) is 5.26 Å². The van der Waals surface area contributed by atoms with E-state index in [2.05, 4.69) is 26.8 Å². The van der Waals surface area contributed by atoms with Crippen LogP contribution in [0.5, 0.6) is 0 Å². The Morgan fingerprint density at radius 3 is 2.91 bits per heavy atom. The van der Waals surface area contributed by atoms with E-state index in [4.69, 9.17) is 9.47 Å². The van der Waals surface area contributed by atoms with E-state index in [-0.39, 0.29) is 11.7 Å². The largest absolute Gasteiger partial charge is 0.348 e. The number of rotatable bonds is 3. The van der Waals surface area contributed by atoms with Crippen molar-refractivity contribution in [2.45, 2.75) is 58.5 Å². The topological polar surface area (TPSA) is 42.2 Å². The number of fused-ring (bicyclic) bond motifs is 5. The fourth-order valence-corrected chi connectivity index (χ4v) is 6.03. The van der Waals surface area contributed by atoms with E-state index in [1.54, 1.807) is 11.3 Å². The van der Waals surface area contributed by atoms with Crippen molar-refractivity contribution in [2.24, 2.45) is 22.7 Å². The van der Waals surface area contributed by atoms with Gasteiger partial charge in [0, 0.05) is 11.3 Å². The molecule has 1 aromatic heterocycles. The molecule has 0 amide bonds. The van der Waals surface area contributed by atoms with Crippen molar-refractivity contribution in [3.8, 4) is 6.07 Å². The van der Waals surface area contributed by atoms with Crippen LogP contribution in [0.2, 0.25) is 0 Å². The molecule has 1 aromatic rings. The van der Waals surface area contributed by atoms with E-state index >= 15 is 0 Å². The van der Waals surface area contributed by atoms with Gasteiger partial charge in [0.05, 0.1) is 6.10 Å². The van der Waals surface area contributed by atoms with Crippen LogP contribution in [0, 0.1) is 34.0 Å². The van der Waals surface area contributed by atoms with Gasteiger partial charge in [-0.3, -0.25) is 0 Å². The van der Waals surface area contributed by atoms with Gasteiger partial charge in [0.15, 0.2) is 12.4 Å². The van der Waals surface area contributed by atoms with Crippen molar-refractivity contribution >= 4 is 11.3 Å². The molecule has 4 rings (SSSR count). The Hall–Kier alpha value is -0.890. The van der Waals surface area contributed by atoms with Gasteiger partial charge in [-0.25, -0.2) is 0 Å². The molecule has 22 heavy (non-hydrogen) atoms. The van der Waals surface area contributed by atoms with Gasteiger partial charge in [0.25, 0.3) is 0 Å². The van der Waals surface area contributed by atoms with Gasteiger partial charge >= 0.3 is 0 Å². The number of nitriles is 1. The number of hydrogen-bond acceptors (Lipinski definition) is 4. The monoisotopic (exact) mass is 317 g/mol. The first-order valence-electron chi connectivity index (χ1n) is 8.21. The number of nitrogens with zero attached hydrogens (tertiary/aromatic N) is 1. The Balaban J connectivity index is 1.50. The maximum atomic E-state index is 9.39. The lowest BCUT2D eigenvalue weighted by Crippen LogP contribution is -2.38. The van der Waals surface area contributed by atoms with Crippen LogP contribution in [0.1, 0.15) is 51.0 Å². The lowest BCUT2D eigenvalue weighted by molar-refractivity contribution is -0.177. The summed E-state index contributed by atoms with van der Waals surface area (Å²) in [5, 5.41) is 11.4. The highest BCUT2D eigenvalue weighted by atomic mass is 32.1. The van der Waals surface area contributed by atoms with Crippen LogP contribution in [-0.2, 0) is 9.47 Å². The summed E-state index contributed by atoms with van der Waals surface area (Å²) < 4.78 is 12.3. The average molecular weight is 317 g/mol. The summed E-state index contributed by atoms with van der Waals surface area (Å²) in [6.07, 6.45) is 3.09. The van der Waals surface area contributed by atoms with Crippen molar-refractivity contribution in [3.05, 3.63) is 22.4 Å². The van der Waals surface area contributed by atoms with Crippen molar-refractivity contribution in [2.75, 3.05) is 0 Å². The molecule has 118 valence electrons. The molecule has 1 saturated heterocycles. The van der Waals surface area contributed by atoms with Gasteiger partial charge < -0.3 is 9.47 Å². The van der Waals surface area contributed by atoms with E-state index in [9.17, 15) is 5.26 Å². The van der Waals surface area contributed by atoms with E-state index in [1.165, 1.54) is 12.8 Å². The summed E-state index contributed by atoms with van der Waals surface area (Å²) in [5.41, 5.74) is 0.612. The third kappa shape index (κ3) is 1.79. The molecule has 2 saturated carbocycles. The summed E-state index contributed by atoms with van der Waals surface area (Å²) in [7, 11) is 0. The molecule has 4 heteroatoms. The first-order valence-corrected chi connectivity index (χ1v) is 9.09. The van der Waals surface area contributed by atoms with Crippen LogP contribution >= 0.6 is 11.3 Å². The van der Waals surface area contributed by atoms with Crippen LogP contribution < -0.4 is 0 Å². The quantitative estimate of drug-likeness (QED) is 0.823. The standard InChI is InChI=1S/C18H23NO2S/c1-17(2)12-6-7-18(17,3)16-11(12)9-15(21-16)20-13(10-19)14-5-4-8-22-14/h4-5,8,11-13,15-16H,6-7,9H2,1-3H3/t11-,12-,13+,15-,16-,18+/m1/s1. The third-order valence-electron chi connectivity index (χ3n) is 6.88. The summed E-state index contributed by atoms with van der Waals surface area (Å²) >= 11 is 1.57. The summed E-state index contributed by atoms with van der Waals surface area (Å²) in [6, 6.07) is 6.19. The maximum Gasteiger partial charge on any atom is 0.181 e. The maximum absolute atomic E-state index is 9.39. The normalized spacial score (nSPS) is 43.0. The van der Waals surface area contributed by atoms with E-state index in [1.807, 2.05) is 17.5 Å². The first-order chi connectivity index (χ1) is 10.5. The van der Waals surface area contributed by atoms with Gasteiger partial charge in [-0.2, -0.15) is 5.26 Å². The molecule has 0 radical (unpaired) electrons. The minimum absolute atomic E-state index is 0.224. The molecule has 1 aliphatic heterocycles. The lowest BCUT2D eigenvalue weighted by atomic mass is 9.70. The minimum atomic E-state index is -0.498. The van der Waals surface area contributed by atoms with Gasteiger partial charge in [-0.05, 0) is 47.0 Å². The molecule has 0 spiro atoms. The number of hydrogen-bond donors (Lipinski definition) is 0. The van der Waals surface area contributed by atoms with Crippen LogP contribution in [0.3, 0.4) is 0 Å². The zero-order valence-electron chi connectivity index (χ0n) is 13.4. The molecule has 2 bridgehead atoms. The molecular formula is C18H23NO2S. The minimum Gasteiger partial charge on any atom is -0.348 e. The van der Waals surface area contributed by atoms with Crippen LogP contribution in [0.15, 0.2) is 17.5 Å². The predicted molar refractivity (Wildman–Crippen MR) is 85.1 cm³/mol. The Kier molecular flexibility index (Phi) is 3.21. The molecule has 2 aliphatic carbocycles. The second-order valence-corrected chi connectivity index (χ2v) is 8.81. The molecule has 3 aliphatic rings. The smallest absolute Gasteiger partial charge is 0.181 e. The third-order valence-corrected chi connectivity index (χ3v) is 7.79. The Bertz CT molecular complexity index is 605. The van der Waals surface area contributed by atoms with Crippen molar-refractivity contribution in [1.82, 2.24) is 0 Å². The van der Waals surface area contributed by atoms with Gasteiger partial charge in [0.2, 0.25) is 0 Å². The fourth-order valence-electron chi connectivity index (χ4n) is 5.32. The molecule has 3 nitrogen and oxygen atoms in total. The lowest BCUT2D eigenvalue weighted by Gasteiger charge is -2.38. The zero-order chi connectivity index (χ0) is 15.5. The van der Waals surface area contributed by atoms with Crippen molar-refractivity contribution in [3.63, 3.8) is 0 Å². The molecule has 6 atom stereocenters. The number of ether oxygens (including phenoxy) is 2. The van der Waals surface area contributed by atoms with E-state index in [0.717, 1.165) is 17.2 Å². The summed E-state index contributed by atoms with van der Waals surface area (Å²) in [5.74, 6) is 1.33. The van der Waals surface area contributed by atoms with E-state index < -0.39 is 6.10 Å². The van der Waals surface area contributed by atoms with Crippen LogP contribution in [-0.4, -0.2) is 12.4 Å². The molecule has 0 N–H and O–H groups in total. The molecule has 3 fully saturated rings. The highest BCUT2D eigenvalue weighted by Gasteiger charge is 2.69. The Morgan fingerprint density at radius 2 is 2.27 bits per heavy atom. The van der Waals surface area contributed by atoms with Crippen LogP contribution in [0.25, 0.3) is 0 Å². The van der Waals surface area contributed by atoms with Gasteiger partial charge in [-0.1, -0.05) is 26.8 Å². The number of thiophene rings is 1. The molecule has 0 aromatic carbocycles. The van der Waals surface area contributed by atoms with Crippen molar-refractivity contribution < 1.29 is 9.47 Å². The van der Waals surface area contributed by atoms with E-state index in [0.29, 0.717) is 17.4 Å². The molecule has 2 heterocycles. The fraction of sp³-hybridized carbons (Fsp3) is 0.722. The first kappa shape index (κ1) is 14.7. The highest BCUT2D eigenvalue weighted by Crippen LogP contribution is 2.71. The zero-order valence-corrected chi connectivity index (χ0v) is 14.2. The van der Waals surface area contributed by atoms with Gasteiger partial charge in [-0.15, -0.1) is 11.3 Å². The molecular weight excluding hydrogens is 294 g/mol. The van der Waals surface area contributed by atoms with Gasteiger partial charge in [0.1, 0.15) is 6.07 Å². The summed E-state index contributed by atoms with van der Waals surface area (Å²) in [4.78, 5) is 0.970. The second kappa shape index (κ2) is 4.80. The predicted octanol–water partition coefficient (Wildman–Crippen LogP) is 4.52. The van der Waals surface area contributed by atoms with Crippen LogP contribution in [0.4, 0.5) is 0 Å².